The fourth-order valence-electron chi connectivity index (χ4n) is 10.5. The lowest BCUT2D eigenvalue weighted by atomic mass is 9.27. The lowest BCUT2D eigenvalue weighted by Crippen LogP contribution is -2.78. The highest BCUT2D eigenvalue weighted by molar-refractivity contribution is 5.85. The molecule has 0 aromatic rings. The number of rotatable bonds is 3. The first-order valence-electron chi connectivity index (χ1n) is 12.0. The maximum absolute atomic E-state index is 13.0. The van der Waals surface area contributed by atoms with Gasteiger partial charge in [-0.2, -0.15) is 0 Å². The first-order chi connectivity index (χ1) is 14.9. The number of carbonyl (C=O) groups is 3. The minimum atomic E-state index is -1.15. The predicted octanol–water partition coefficient (Wildman–Crippen LogP) is 2.66. The maximum atomic E-state index is 13.0. The Balaban J connectivity index is 1.66. The van der Waals surface area contributed by atoms with Crippen LogP contribution >= 0.6 is 0 Å². The lowest BCUT2D eigenvalue weighted by Gasteiger charge is -2.73. The molecule has 0 aromatic heterocycles. The van der Waals surface area contributed by atoms with Crippen LogP contribution in [0.1, 0.15) is 59.3 Å². The number of allylic oxidation sites excluding steroid dienone is 1. The maximum Gasteiger partial charge on any atom is 0.308 e. The molecule has 4 saturated carbocycles. The standard InChI is InChI=1S/C25H32O7/c1-12(26)14-4-5-15-21(14,2)11-16-25(32-16)22(3)7-6-13(27)10-23(22)8-9-24(15,25)18(20(30)31)17(23)19(28)29/h8-9,13-18,27H,4-7,10-11H2,1-3H3,(H,28,29)(H,30,31)/t13-,14+,15+,16+,17-,18+,21+,22-,23-,24-,25-/m0/s1. The quantitative estimate of drug-likeness (QED) is 0.451. The Morgan fingerprint density at radius 1 is 0.969 bits per heavy atom. The number of Topliss-reactive ketones (excluding diaryl/α,β-unsaturated/α-hetero) is 1. The van der Waals surface area contributed by atoms with E-state index in [-0.39, 0.29) is 30.1 Å². The van der Waals surface area contributed by atoms with E-state index >= 15 is 0 Å². The van der Waals surface area contributed by atoms with Crippen LogP contribution < -0.4 is 0 Å². The monoisotopic (exact) mass is 444 g/mol. The zero-order valence-electron chi connectivity index (χ0n) is 18.8. The number of carbonyl (C=O) groups excluding carboxylic acids is 1. The minimum absolute atomic E-state index is 0.123. The van der Waals surface area contributed by atoms with E-state index in [0.717, 1.165) is 0 Å². The highest BCUT2D eigenvalue weighted by Gasteiger charge is 2.93. The summed E-state index contributed by atoms with van der Waals surface area (Å²) in [4.78, 5) is 38.4. The molecule has 1 aliphatic heterocycles. The molecule has 7 rings (SSSR count). The molecule has 3 N–H and O–H groups in total. The fraction of sp³-hybridized carbons (Fsp3) is 0.800. The van der Waals surface area contributed by atoms with Gasteiger partial charge in [0.25, 0.3) is 0 Å². The molecular formula is C25H32O7. The van der Waals surface area contributed by atoms with Crippen molar-refractivity contribution in [2.75, 3.05) is 0 Å². The third kappa shape index (κ3) is 1.79. The largest absolute Gasteiger partial charge is 0.481 e. The smallest absolute Gasteiger partial charge is 0.308 e. The topological polar surface area (TPSA) is 124 Å². The van der Waals surface area contributed by atoms with E-state index in [0.29, 0.717) is 32.1 Å². The van der Waals surface area contributed by atoms with Crippen molar-refractivity contribution in [2.24, 2.45) is 45.3 Å². The predicted molar refractivity (Wildman–Crippen MR) is 111 cm³/mol. The Hall–Kier alpha value is -1.73. The van der Waals surface area contributed by atoms with Crippen LogP contribution in [0.25, 0.3) is 0 Å². The van der Waals surface area contributed by atoms with Gasteiger partial charge in [-0.3, -0.25) is 14.4 Å². The van der Waals surface area contributed by atoms with E-state index in [1.807, 2.05) is 12.2 Å². The molecule has 0 radical (unpaired) electrons. The summed E-state index contributed by atoms with van der Waals surface area (Å²) in [5.41, 5.74) is -3.69. The van der Waals surface area contributed by atoms with Gasteiger partial charge >= 0.3 is 11.9 Å². The number of aliphatic hydroxyl groups excluding tert-OH is 1. The molecule has 0 unspecified atom stereocenters. The normalized spacial score (nSPS) is 58.9. The zero-order chi connectivity index (χ0) is 23.1. The summed E-state index contributed by atoms with van der Waals surface area (Å²) in [5.74, 6) is -4.68. The van der Waals surface area contributed by atoms with Gasteiger partial charge in [-0.05, 0) is 56.8 Å². The summed E-state index contributed by atoms with van der Waals surface area (Å²) in [6.07, 6.45) is 6.62. The Bertz CT molecular complexity index is 989. The number of fused-ring (bicyclic) bond motifs is 2. The van der Waals surface area contributed by atoms with Crippen LogP contribution in [-0.4, -0.2) is 50.9 Å². The lowest BCUT2D eigenvalue weighted by molar-refractivity contribution is -0.252. The number of ketones is 1. The molecule has 5 fully saturated rings. The summed E-state index contributed by atoms with van der Waals surface area (Å²) in [6.45, 7) is 5.81. The van der Waals surface area contributed by atoms with Crippen LogP contribution in [0, 0.1) is 45.3 Å². The van der Waals surface area contributed by atoms with Gasteiger partial charge in [-0.1, -0.05) is 26.0 Å². The van der Waals surface area contributed by atoms with E-state index in [4.69, 9.17) is 4.74 Å². The number of aliphatic hydroxyl groups is 1. The summed E-state index contributed by atoms with van der Waals surface area (Å²) in [6, 6.07) is 0. The van der Waals surface area contributed by atoms with Crippen LogP contribution in [-0.2, 0) is 19.1 Å². The number of ether oxygens (including phenoxy) is 1. The molecule has 0 amide bonds. The van der Waals surface area contributed by atoms with Gasteiger partial charge in [-0.15, -0.1) is 0 Å². The van der Waals surface area contributed by atoms with Gasteiger partial charge in [0, 0.05) is 22.2 Å². The van der Waals surface area contributed by atoms with E-state index in [2.05, 4.69) is 13.8 Å². The highest BCUT2D eigenvalue weighted by Crippen LogP contribution is 2.87. The summed E-state index contributed by atoms with van der Waals surface area (Å²) in [5, 5.41) is 31.7. The van der Waals surface area contributed by atoms with Gasteiger partial charge in [0.2, 0.25) is 0 Å². The Labute approximate surface area is 187 Å². The first kappa shape index (κ1) is 20.8. The highest BCUT2D eigenvalue weighted by atomic mass is 16.6. The zero-order valence-corrected chi connectivity index (χ0v) is 18.8. The molecule has 32 heavy (non-hydrogen) atoms. The molecule has 7 nitrogen and oxygen atoms in total. The van der Waals surface area contributed by atoms with Crippen molar-refractivity contribution in [3.63, 3.8) is 0 Å². The minimum Gasteiger partial charge on any atom is -0.481 e. The second-order valence-electron chi connectivity index (χ2n) is 12.0. The third-order valence-electron chi connectivity index (χ3n) is 11.4. The van der Waals surface area contributed by atoms with Crippen LogP contribution in [0.3, 0.4) is 0 Å². The van der Waals surface area contributed by atoms with Gasteiger partial charge < -0.3 is 20.1 Å². The third-order valence-corrected chi connectivity index (χ3v) is 11.4. The molecule has 0 aromatic carbocycles. The molecular weight excluding hydrogens is 412 g/mol. The number of carboxylic acids is 2. The van der Waals surface area contributed by atoms with Crippen molar-refractivity contribution >= 4 is 17.7 Å². The van der Waals surface area contributed by atoms with Gasteiger partial charge in [0.15, 0.2) is 0 Å². The molecule has 2 bridgehead atoms. The van der Waals surface area contributed by atoms with Crippen molar-refractivity contribution in [1.29, 1.82) is 0 Å². The number of epoxide rings is 1. The second kappa shape index (κ2) is 5.66. The SMILES string of the molecule is CC(=O)[C@H]1CC[C@@H]2[C@]1(C)C[C@H]1O[C@@]13[C@@]21C=C[C@]2(C[C@@H](O)CC[C@]32C)[C@H](C(=O)O)[C@@H]1C(=O)O. The van der Waals surface area contributed by atoms with Crippen molar-refractivity contribution in [2.45, 2.75) is 77.1 Å². The fourth-order valence-corrected chi connectivity index (χ4v) is 10.5. The summed E-state index contributed by atoms with van der Waals surface area (Å²) in [7, 11) is 0. The molecule has 1 heterocycles. The van der Waals surface area contributed by atoms with Crippen molar-refractivity contribution in [3.05, 3.63) is 12.2 Å². The number of carboxylic acid groups (broad SMARTS) is 2. The van der Waals surface area contributed by atoms with Crippen LogP contribution in [0.15, 0.2) is 12.2 Å². The first-order valence-corrected chi connectivity index (χ1v) is 12.0. The van der Waals surface area contributed by atoms with E-state index in [1.165, 1.54) is 0 Å². The molecule has 7 aliphatic rings. The summed E-state index contributed by atoms with van der Waals surface area (Å²) >= 11 is 0. The second-order valence-corrected chi connectivity index (χ2v) is 12.0. The Kier molecular flexibility index (Phi) is 3.69. The molecule has 3 spiro atoms. The average molecular weight is 445 g/mol. The van der Waals surface area contributed by atoms with E-state index in [1.54, 1.807) is 6.92 Å². The van der Waals surface area contributed by atoms with Crippen LogP contribution in [0.4, 0.5) is 0 Å². The Morgan fingerprint density at radius 2 is 1.66 bits per heavy atom. The van der Waals surface area contributed by atoms with Crippen LogP contribution in [0.2, 0.25) is 0 Å². The van der Waals surface area contributed by atoms with Gasteiger partial charge in [0.1, 0.15) is 11.4 Å². The van der Waals surface area contributed by atoms with Gasteiger partial charge in [-0.25, -0.2) is 0 Å². The Morgan fingerprint density at radius 3 is 2.28 bits per heavy atom. The van der Waals surface area contributed by atoms with Gasteiger partial charge in [0.05, 0.1) is 24.0 Å². The van der Waals surface area contributed by atoms with Crippen molar-refractivity contribution < 1.29 is 34.4 Å². The average Bonchev–Trinajstić information content (AvgIpc) is 3.31. The molecule has 7 heteroatoms. The molecule has 6 aliphatic carbocycles. The molecule has 174 valence electrons. The molecule has 11 atom stereocenters. The van der Waals surface area contributed by atoms with Crippen molar-refractivity contribution in [3.8, 4) is 0 Å². The van der Waals surface area contributed by atoms with E-state index in [9.17, 15) is 29.7 Å². The van der Waals surface area contributed by atoms with E-state index < -0.39 is 57.1 Å². The number of aliphatic carboxylic acids is 2. The number of hydrogen-bond acceptors (Lipinski definition) is 5. The summed E-state index contributed by atoms with van der Waals surface area (Å²) < 4.78 is 6.63. The number of hydrogen-bond donors (Lipinski definition) is 3. The molecule has 1 saturated heterocycles. The van der Waals surface area contributed by atoms with Crippen LogP contribution in [0.5, 0.6) is 0 Å². The van der Waals surface area contributed by atoms with Crippen molar-refractivity contribution in [1.82, 2.24) is 0 Å².